The summed E-state index contributed by atoms with van der Waals surface area (Å²) in [5.74, 6) is 0.895. The van der Waals surface area contributed by atoms with Crippen LogP contribution in [-0.2, 0) is 0 Å². The highest BCUT2D eigenvalue weighted by Gasteiger charge is 2.31. The fourth-order valence-corrected chi connectivity index (χ4v) is 3.94. The largest absolute Gasteiger partial charge is 0.497 e. The summed E-state index contributed by atoms with van der Waals surface area (Å²) in [5.41, 5.74) is 1.70. The highest BCUT2D eigenvalue weighted by atomic mass is 32.2. The van der Waals surface area contributed by atoms with Gasteiger partial charge < -0.3 is 4.74 Å². The first-order valence-electron chi connectivity index (χ1n) is 7.71. The molecule has 0 spiro atoms. The number of carbonyl (C=O) groups is 1. The number of halogens is 1. The average Bonchev–Trinajstić information content (AvgIpc) is 3.07. The third kappa shape index (κ3) is 2.91. The molecule has 1 unspecified atom stereocenters. The van der Waals surface area contributed by atoms with E-state index in [4.69, 9.17) is 4.74 Å². The summed E-state index contributed by atoms with van der Waals surface area (Å²) < 4.78 is 19.8. The first-order chi connectivity index (χ1) is 12.2. The molecule has 3 aromatic rings. The van der Waals surface area contributed by atoms with Gasteiger partial charge in [-0.1, -0.05) is 23.9 Å². The van der Waals surface area contributed by atoms with Gasteiger partial charge in [-0.3, -0.25) is 4.79 Å². The Labute approximate surface area is 147 Å². The smallest absolute Gasteiger partial charge is 0.235 e. The van der Waals surface area contributed by atoms with Gasteiger partial charge in [0.1, 0.15) is 11.6 Å². The van der Waals surface area contributed by atoms with Crippen LogP contribution in [0.2, 0.25) is 0 Å². The molecule has 126 valence electrons. The maximum atomic E-state index is 13.1. The fourth-order valence-electron chi connectivity index (χ4n) is 2.78. The molecular weight excluding hydrogens is 341 g/mol. The minimum absolute atomic E-state index is 0.0705. The molecule has 1 aromatic heterocycles. The van der Waals surface area contributed by atoms with Crippen LogP contribution in [0.3, 0.4) is 0 Å². The Hall–Kier alpha value is -2.67. The number of nitrogens with zero attached hydrogens (tertiary/aromatic N) is 3. The molecule has 1 aliphatic heterocycles. The molecule has 2 aromatic carbocycles. The van der Waals surface area contributed by atoms with Crippen molar-refractivity contribution in [3.8, 4) is 17.1 Å². The van der Waals surface area contributed by atoms with Crippen molar-refractivity contribution < 1.29 is 13.9 Å². The van der Waals surface area contributed by atoms with Crippen molar-refractivity contribution in [1.29, 1.82) is 0 Å². The lowest BCUT2D eigenvalue weighted by molar-refractivity contribution is 0.0888. The van der Waals surface area contributed by atoms with Gasteiger partial charge in [-0.15, -0.1) is 10.2 Å². The Morgan fingerprint density at radius 1 is 1.12 bits per heavy atom. The monoisotopic (exact) mass is 355 g/mol. The Morgan fingerprint density at radius 2 is 1.84 bits per heavy atom. The van der Waals surface area contributed by atoms with Crippen molar-refractivity contribution in [2.24, 2.45) is 0 Å². The number of benzene rings is 2. The number of hydrogen-bond acceptors (Lipinski definition) is 5. The van der Waals surface area contributed by atoms with Gasteiger partial charge >= 0.3 is 0 Å². The van der Waals surface area contributed by atoms with Crippen LogP contribution in [0, 0.1) is 5.82 Å². The molecule has 25 heavy (non-hydrogen) atoms. The van der Waals surface area contributed by atoms with E-state index in [0.717, 1.165) is 16.9 Å². The molecule has 1 aliphatic rings. The average molecular weight is 355 g/mol. The van der Waals surface area contributed by atoms with Crippen LogP contribution in [0.25, 0.3) is 11.4 Å². The zero-order valence-electron chi connectivity index (χ0n) is 13.3. The summed E-state index contributed by atoms with van der Waals surface area (Å²) >= 11 is 1.46. The summed E-state index contributed by atoms with van der Waals surface area (Å²) in [6.45, 7) is 0. The Bertz CT molecular complexity index is 922. The lowest BCUT2D eigenvalue weighted by Crippen LogP contribution is -2.20. The summed E-state index contributed by atoms with van der Waals surface area (Å²) in [7, 11) is 1.60. The van der Waals surface area contributed by atoms with E-state index >= 15 is 0 Å². The standard InChI is InChI=1S/C18H14FN3O2S/c1-24-14-8-4-12(5-9-14)17-20-21-18-22(17)16(23)10-15(25-18)11-2-6-13(19)7-3-11/h2-9,15H,10H2,1H3. The molecular formula is C18H14FN3O2S. The molecule has 0 amide bonds. The number of hydrogen-bond donors (Lipinski definition) is 0. The van der Waals surface area contributed by atoms with Crippen molar-refractivity contribution in [2.45, 2.75) is 16.8 Å². The molecule has 7 heteroatoms. The van der Waals surface area contributed by atoms with Crippen LogP contribution >= 0.6 is 11.8 Å². The van der Waals surface area contributed by atoms with Crippen molar-refractivity contribution in [3.63, 3.8) is 0 Å². The second kappa shape index (κ2) is 6.33. The van der Waals surface area contributed by atoms with E-state index < -0.39 is 0 Å². The number of rotatable bonds is 3. The normalized spacial score (nSPS) is 16.6. The quantitative estimate of drug-likeness (QED) is 0.711. The number of ether oxygens (including phenoxy) is 1. The predicted molar refractivity (Wildman–Crippen MR) is 92.3 cm³/mol. The zero-order valence-corrected chi connectivity index (χ0v) is 14.2. The summed E-state index contributed by atoms with van der Waals surface area (Å²) in [4.78, 5) is 12.7. The van der Waals surface area contributed by atoms with Crippen molar-refractivity contribution in [1.82, 2.24) is 14.8 Å². The number of carbonyl (C=O) groups excluding carboxylic acids is 1. The summed E-state index contributed by atoms with van der Waals surface area (Å²) in [6.07, 6.45) is 0.310. The Morgan fingerprint density at radius 3 is 2.52 bits per heavy atom. The highest BCUT2D eigenvalue weighted by Crippen LogP contribution is 2.42. The van der Waals surface area contributed by atoms with Gasteiger partial charge in [0, 0.05) is 17.2 Å². The van der Waals surface area contributed by atoms with Gasteiger partial charge in [0.2, 0.25) is 5.91 Å². The van der Waals surface area contributed by atoms with E-state index in [9.17, 15) is 9.18 Å². The number of aromatic nitrogens is 3. The number of thioether (sulfide) groups is 1. The maximum Gasteiger partial charge on any atom is 0.235 e. The number of methoxy groups -OCH3 is 1. The van der Waals surface area contributed by atoms with Crippen molar-refractivity contribution >= 4 is 17.7 Å². The van der Waals surface area contributed by atoms with Gasteiger partial charge in [-0.05, 0) is 42.0 Å². The van der Waals surface area contributed by atoms with Crippen LogP contribution in [0.1, 0.15) is 22.0 Å². The van der Waals surface area contributed by atoms with E-state index in [1.54, 1.807) is 23.8 Å². The van der Waals surface area contributed by atoms with Crippen LogP contribution in [0.15, 0.2) is 53.7 Å². The summed E-state index contributed by atoms with van der Waals surface area (Å²) in [5, 5.41) is 8.82. The molecule has 5 nitrogen and oxygen atoms in total. The van der Waals surface area contributed by atoms with E-state index in [1.165, 1.54) is 23.9 Å². The van der Waals surface area contributed by atoms with Gasteiger partial charge in [0.05, 0.1) is 7.11 Å². The SMILES string of the molecule is COc1ccc(-c2nnc3n2C(=O)CC(c2ccc(F)cc2)S3)cc1. The maximum absolute atomic E-state index is 13.1. The second-order valence-electron chi connectivity index (χ2n) is 5.63. The summed E-state index contributed by atoms with van der Waals surface area (Å²) in [6, 6.07) is 13.6. The van der Waals surface area contributed by atoms with Crippen LogP contribution < -0.4 is 4.74 Å². The molecule has 0 saturated carbocycles. The van der Waals surface area contributed by atoms with Crippen LogP contribution in [0.5, 0.6) is 5.75 Å². The first-order valence-corrected chi connectivity index (χ1v) is 8.59. The van der Waals surface area contributed by atoms with Crippen molar-refractivity contribution in [3.05, 3.63) is 59.9 Å². The second-order valence-corrected chi connectivity index (χ2v) is 6.80. The molecule has 0 saturated heterocycles. The third-order valence-corrected chi connectivity index (χ3v) is 5.28. The Balaban J connectivity index is 1.66. The number of fused-ring (bicyclic) bond motifs is 1. The third-order valence-electron chi connectivity index (χ3n) is 4.08. The van der Waals surface area contributed by atoms with E-state index in [-0.39, 0.29) is 17.0 Å². The molecule has 0 N–H and O–H groups in total. The molecule has 1 atom stereocenters. The van der Waals surface area contributed by atoms with E-state index in [2.05, 4.69) is 10.2 Å². The van der Waals surface area contributed by atoms with Crippen LogP contribution in [-0.4, -0.2) is 27.8 Å². The highest BCUT2D eigenvalue weighted by molar-refractivity contribution is 7.99. The molecule has 0 fully saturated rings. The minimum atomic E-state index is -0.291. The van der Waals surface area contributed by atoms with Crippen molar-refractivity contribution in [2.75, 3.05) is 7.11 Å². The minimum Gasteiger partial charge on any atom is -0.497 e. The molecule has 2 heterocycles. The molecule has 0 radical (unpaired) electrons. The van der Waals surface area contributed by atoms with Crippen LogP contribution in [0.4, 0.5) is 4.39 Å². The predicted octanol–water partition coefficient (Wildman–Crippen LogP) is 3.97. The van der Waals surface area contributed by atoms with Gasteiger partial charge in [0.25, 0.3) is 0 Å². The first kappa shape index (κ1) is 15.8. The van der Waals surface area contributed by atoms with Gasteiger partial charge in [-0.25, -0.2) is 8.96 Å². The Kier molecular flexibility index (Phi) is 4.01. The zero-order chi connectivity index (χ0) is 17.4. The van der Waals surface area contributed by atoms with Gasteiger partial charge in [0.15, 0.2) is 11.0 Å². The topological polar surface area (TPSA) is 57.0 Å². The lowest BCUT2D eigenvalue weighted by Gasteiger charge is -2.22. The van der Waals surface area contributed by atoms with Gasteiger partial charge in [-0.2, -0.15) is 0 Å². The molecule has 0 bridgehead atoms. The fraction of sp³-hybridized carbons (Fsp3) is 0.167. The molecule has 0 aliphatic carbocycles. The molecule has 4 rings (SSSR count). The lowest BCUT2D eigenvalue weighted by atomic mass is 10.1. The van der Waals surface area contributed by atoms with E-state index in [1.807, 2.05) is 24.3 Å². The van der Waals surface area contributed by atoms with E-state index in [0.29, 0.717) is 17.4 Å².